The van der Waals surface area contributed by atoms with Crippen LogP contribution in [-0.4, -0.2) is 35.0 Å². The van der Waals surface area contributed by atoms with E-state index >= 15 is 0 Å². The monoisotopic (exact) mass is 254 g/mol. The Bertz CT molecular complexity index is 441. The second kappa shape index (κ2) is 5.96. The summed E-state index contributed by atoms with van der Waals surface area (Å²) < 4.78 is 25.7. The van der Waals surface area contributed by atoms with Gasteiger partial charge in [-0.15, -0.1) is 0 Å². The highest BCUT2D eigenvalue weighted by Gasteiger charge is 2.41. The second-order valence-corrected chi connectivity index (χ2v) is 3.76. The average Bonchev–Trinajstić information content (AvgIpc) is 2.41. The SMILES string of the molecule is N#CC(CF)(CF)N(Cc1ccccc1)C(=O)O. The van der Waals surface area contributed by atoms with Crippen LogP contribution < -0.4 is 0 Å². The Morgan fingerprint density at radius 1 is 1.33 bits per heavy atom. The maximum Gasteiger partial charge on any atom is 0.409 e. The predicted molar refractivity (Wildman–Crippen MR) is 60.3 cm³/mol. The van der Waals surface area contributed by atoms with Crippen molar-refractivity contribution in [3.8, 4) is 6.07 Å². The first kappa shape index (κ1) is 13.9. The zero-order chi connectivity index (χ0) is 13.6. The standard InChI is InChI=1S/C12H12F2N2O2/c13-7-12(8-14,9-15)16(11(17)18)6-10-4-2-1-3-5-10/h1-5H,6-8H2,(H,17,18). The lowest BCUT2D eigenvalue weighted by Crippen LogP contribution is -2.53. The van der Waals surface area contributed by atoms with Gasteiger partial charge in [-0.05, 0) is 5.56 Å². The molecular formula is C12H12F2N2O2. The van der Waals surface area contributed by atoms with Crippen LogP contribution in [0.15, 0.2) is 30.3 Å². The quantitative estimate of drug-likeness (QED) is 0.877. The van der Waals surface area contributed by atoms with Gasteiger partial charge in [-0.25, -0.2) is 13.6 Å². The summed E-state index contributed by atoms with van der Waals surface area (Å²) in [6.07, 6.45) is -1.53. The van der Waals surface area contributed by atoms with E-state index in [1.807, 2.05) is 0 Å². The van der Waals surface area contributed by atoms with Gasteiger partial charge in [0.05, 0.1) is 12.6 Å². The Balaban J connectivity index is 3.04. The number of hydrogen-bond acceptors (Lipinski definition) is 2. The molecule has 0 saturated carbocycles. The molecule has 0 radical (unpaired) electrons. The molecule has 1 aromatic rings. The summed E-state index contributed by atoms with van der Waals surface area (Å²) in [5.74, 6) is 0. The number of nitriles is 1. The highest BCUT2D eigenvalue weighted by Crippen LogP contribution is 2.20. The molecule has 0 bridgehead atoms. The lowest BCUT2D eigenvalue weighted by atomic mass is 10.0. The number of alkyl halides is 2. The van der Waals surface area contributed by atoms with E-state index in [4.69, 9.17) is 10.4 Å². The van der Waals surface area contributed by atoms with Gasteiger partial charge in [0.15, 0.2) is 5.54 Å². The van der Waals surface area contributed by atoms with Crippen molar-refractivity contribution in [2.24, 2.45) is 0 Å². The van der Waals surface area contributed by atoms with Gasteiger partial charge in [0.25, 0.3) is 0 Å². The van der Waals surface area contributed by atoms with Gasteiger partial charge in [0.2, 0.25) is 0 Å². The van der Waals surface area contributed by atoms with Gasteiger partial charge in [0.1, 0.15) is 13.3 Å². The molecular weight excluding hydrogens is 242 g/mol. The minimum Gasteiger partial charge on any atom is -0.465 e. The van der Waals surface area contributed by atoms with E-state index in [9.17, 15) is 13.6 Å². The van der Waals surface area contributed by atoms with Crippen LogP contribution in [0.1, 0.15) is 5.56 Å². The molecule has 0 saturated heterocycles. The minimum atomic E-state index is -2.28. The fourth-order valence-corrected chi connectivity index (χ4v) is 1.47. The van der Waals surface area contributed by atoms with Gasteiger partial charge in [-0.3, -0.25) is 4.90 Å². The van der Waals surface area contributed by atoms with Crippen molar-refractivity contribution < 1.29 is 18.7 Å². The zero-order valence-corrected chi connectivity index (χ0v) is 9.51. The summed E-state index contributed by atoms with van der Waals surface area (Å²) in [7, 11) is 0. The van der Waals surface area contributed by atoms with Crippen LogP contribution in [0, 0.1) is 11.3 Å². The minimum absolute atomic E-state index is 0.239. The molecule has 1 aromatic carbocycles. The number of halogens is 2. The van der Waals surface area contributed by atoms with E-state index in [-0.39, 0.29) is 6.54 Å². The third kappa shape index (κ3) is 2.74. The van der Waals surface area contributed by atoms with Crippen molar-refractivity contribution in [2.75, 3.05) is 13.3 Å². The van der Waals surface area contributed by atoms with Crippen LogP contribution in [0.4, 0.5) is 13.6 Å². The molecule has 0 aliphatic carbocycles. The fourth-order valence-electron chi connectivity index (χ4n) is 1.47. The molecule has 0 heterocycles. The molecule has 18 heavy (non-hydrogen) atoms. The Morgan fingerprint density at radius 3 is 2.28 bits per heavy atom. The van der Waals surface area contributed by atoms with Crippen molar-refractivity contribution in [2.45, 2.75) is 12.1 Å². The van der Waals surface area contributed by atoms with Gasteiger partial charge in [-0.1, -0.05) is 30.3 Å². The van der Waals surface area contributed by atoms with E-state index in [2.05, 4.69) is 0 Å². The zero-order valence-electron chi connectivity index (χ0n) is 9.51. The van der Waals surface area contributed by atoms with E-state index in [1.165, 1.54) is 6.07 Å². The number of carbonyl (C=O) groups is 1. The smallest absolute Gasteiger partial charge is 0.409 e. The first-order chi connectivity index (χ1) is 8.59. The van der Waals surface area contributed by atoms with Crippen LogP contribution in [0.2, 0.25) is 0 Å². The van der Waals surface area contributed by atoms with Gasteiger partial charge >= 0.3 is 6.09 Å². The second-order valence-electron chi connectivity index (χ2n) is 3.76. The maximum atomic E-state index is 12.9. The molecule has 0 aliphatic heterocycles. The number of rotatable bonds is 5. The van der Waals surface area contributed by atoms with Crippen molar-refractivity contribution in [3.05, 3.63) is 35.9 Å². The topological polar surface area (TPSA) is 64.3 Å². The van der Waals surface area contributed by atoms with Crippen molar-refractivity contribution in [3.63, 3.8) is 0 Å². The molecule has 6 heteroatoms. The number of hydrogen-bond donors (Lipinski definition) is 1. The Labute approximate surface area is 103 Å². The summed E-state index contributed by atoms with van der Waals surface area (Å²) in [6, 6.07) is 9.73. The molecule has 1 amide bonds. The van der Waals surface area contributed by atoms with E-state index in [1.54, 1.807) is 30.3 Å². The number of nitrogens with zero attached hydrogens (tertiary/aromatic N) is 2. The number of amides is 1. The highest BCUT2D eigenvalue weighted by molar-refractivity contribution is 5.67. The van der Waals surface area contributed by atoms with Crippen LogP contribution in [-0.2, 0) is 6.54 Å². The molecule has 0 atom stereocenters. The normalized spacial score (nSPS) is 10.7. The van der Waals surface area contributed by atoms with Crippen LogP contribution in [0.3, 0.4) is 0 Å². The third-order valence-electron chi connectivity index (χ3n) is 2.58. The third-order valence-corrected chi connectivity index (χ3v) is 2.58. The molecule has 1 rings (SSSR count). The summed E-state index contributed by atoms with van der Waals surface area (Å²) in [5.41, 5.74) is -1.72. The first-order valence-corrected chi connectivity index (χ1v) is 5.17. The molecule has 96 valence electrons. The largest absolute Gasteiger partial charge is 0.465 e. The van der Waals surface area contributed by atoms with Crippen LogP contribution >= 0.6 is 0 Å². The fraction of sp³-hybridized carbons (Fsp3) is 0.333. The van der Waals surface area contributed by atoms with Gasteiger partial charge in [0, 0.05) is 0 Å². The van der Waals surface area contributed by atoms with Crippen molar-refractivity contribution in [1.82, 2.24) is 4.90 Å². The predicted octanol–water partition coefficient (Wildman–Crippen LogP) is 2.37. The first-order valence-electron chi connectivity index (χ1n) is 5.17. The average molecular weight is 254 g/mol. The lowest BCUT2D eigenvalue weighted by molar-refractivity contribution is 0.0670. The van der Waals surface area contributed by atoms with Crippen molar-refractivity contribution in [1.29, 1.82) is 5.26 Å². The summed E-state index contributed by atoms with van der Waals surface area (Å²) in [6.45, 7) is -3.02. The van der Waals surface area contributed by atoms with Crippen LogP contribution in [0.5, 0.6) is 0 Å². The van der Waals surface area contributed by atoms with E-state index < -0.39 is 25.0 Å². The molecule has 0 aromatic heterocycles. The van der Waals surface area contributed by atoms with Crippen molar-refractivity contribution >= 4 is 6.09 Å². The van der Waals surface area contributed by atoms with Gasteiger partial charge < -0.3 is 5.11 Å². The molecule has 0 spiro atoms. The Kier molecular flexibility index (Phi) is 4.60. The van der Waals surface area contributed by atoms with E-state index in [0.29, 0.717) is 10.5 Å². The van der Waals surface area contributed by atoms with E-state index in [0.717, 1.165) is 0 Å². The highest BCUT2D eigenvalue weighted by atomic mass is 19.1. The lowest BCUT2D eigenvalue weighted by Gasteiger charge is -2.32. The summed E-state index contributed by atoms with van der Waals surface area (Å²) in [5, 5.41) is 17.8. The molecule has 1 N–H and O–H groups in total. The molecule has 0 aliphatic rings. The number of benzene rings is 1. The molecule has 0 unspecified atom stereocenters. The van der Waals surface area contributed by atoms with Crippen LogP contribution in [0.25, 0.3) is 0 Å². The number of carboxylic acid groups (broad SMARTS) is 1. The van der Waals surface area contributed by atoms with Gasteiger partial charge in [-0.2, -0.15) is 5.26 Å². The Morgan fingerprint density at radius 2 is 1.89 bits per heavy atom. The maximum absolute atomic E-state index is 12.9. The summed E-state index contributed by atoms with van der Waals surface area (Å²) in [4.78, 5) is 11.6. The molecule has 0 fully saturated rings. The Hall–Kier alpha value is -2.16. The summed E-state index contributed by atoms with van der Waals surface area (Å²) >= 11 is 0. The molecule has 4 nitrogen and oxygen atoms in total.